The molecule has 0 amide bonds. The van der Waals surface area contributed by atoms with E-state index in [2.05, 4.69) is 34.5 Å². The van der Waals surface area contributed by atoms with Crippen molar-refractivity contribution < 1.29 is 0 Å². The van der Waals surface area contributed by atoms with Crippen LogP contribution in [0.5, 0.6) is 0 Å². The summed E-state index contributed by atoms with van der Waals surface area (Å²) in [6, 6.07) is 1.40. The first kappa shape index (κ1) is 16.0. The van der Waals surface area contributed by atoms with Gasteiger partial charge in [0.2, 0.25) is 0 Å². The summed E-state index contributed by atoms with van der Waals surface area (Å²) in [5, 5.41) is 6.80. The van der Waals surface area contributed by atoms with Crippen LogP contribution < -0.4 is 10.6 Å². The molecule has 2 aliphatic rings. The number of guanidine groups is 1. The van der Waals surface area contributed by atoms with Gasteiger partial charge in [0.05, 0.1) is 0 Å². The van der Waals surface area contributed by atoms with Gasteiger partial charge in [0.15, 0.2) is 5.96 Å². The molecule has 2 rings (SSSR count). The molecule has 0 radical (unpaired) electrons. The molecular formula is C13H27IN4. The minimum atomic E-state index is 0. The van der Waals surface area contributed by atoms with Crippen LogP contribution in [0.2, 0.25) is 0 Å². The van der Waals surface area contributed by atoms with Crippen LogP contribution in [0.25, 0.3) is 0 Å². The van der Waals surface area contributed by atoms with E-state index in [1.54, 1.807) is 0 Å². The molecule has 18 heavy (non-hydrogen) atoms. The van der Waals surface area contributed by atoms with E-state index in [9.17, 15) is 0 Å². The third-order valence-corrected chi connectivity index (χ3v) is 3.86. The van der Waals surface area contributed by atoms with Crippen molar-refractivity contribution in [2.45, 2.75) is 44.7 Å². The molecule has 4 nitrogen and oxygen atoms in total. The van der Waals surface area contributed by atoms with Crippen molar-refractivity contribution in [3.63, 3.8) is 0 Å². The quantitative estimate of drug-likeness (QED) is 0.427. The molecule has 5 heteroatoms. The molecule has 1 unspecified atom stereocenters. The van der Waals surface area contributed by atoms with Gasteiger partial charge in [-0.2, -0.15) is 0 Å². The molecule has 0 aliphatic heterocycles. The molecule has 2 fully saturated rings. The lowest BCUT2D eigenvalue weighted by atomic mass is 10.3. The summed E-state index contributed by atoms with van der Waals surface area (Å²) in [5.74, 6) is 1.84. The second-order valence-electron chi connectivity index (χ2n) is 5.52. The second-order valence-corrected chi connectivity index (χ2v) is 5.52. The monoisotopic (exact) mass is 366 g/mol. The second kappa shape index (κ2) is 7.53. The summed E-state index contributed by atoms with van der Waals surface area (Å²) in [5.41, 5.74) is 0. The van der Waals surface area contributed by atoms with Gasteiger partial charge < -0.3 is 10.6 Å². The number of rotatable bonds is 6. The number of aliphatic imine (C=N–C) groups is 1. The molecule has 106 valence electrons. The van der Waals surface area contributed by atoms with Crippen molar-refractivity contribution in [3.05, 3.63) is 0 Å². The Morgan fingerprint density at radius 2 is 1.94 bits per heavy atom. The predicted octanol–water partition coefficient (Wildman–Crippen LogP) is 1.66. The zero-order chi connectivity index (χ0) is 12.3. The highest BCUT2D eigenvalue weighted by atomic mass is 127. The Hall–Kier alpha value is -0.0400. The first-order valence-electron chi connectivity index (χ1n) is 6.87. The van der Waals surface area contributed by atoms with Gasteiger partial charge in [-0.05, 0) is 45.6 Å². The normalized spacial score (nSPS) is 21.4. The fraction of sp³-hybridized carbons (Fsp3) is 0.923. The third-order valence-electron chi connectivity index (χ3n) is 3.86. The highest BCUT2D eigenvalue weighted by molar-refractivity contribution is 14.0. The topological polar surface area (TPSA) is 39.7 Å². The number of halogens is 1. The van der Waals surface area contributed by atoms with Gasteiger partial charge in [0, 0.05) is 32.2 Å². The van der Waals surface area contributed by atoms with Gasteiger partial charge in [0.1, 0.15) is 0 Å². The molecule has 0 aromatic carbocycles. The molecule has 0 aromatic heterocycles. The van der Waals surface area contributed by atoms with Gasteiger partial charge in [-0.1, -0.05) is 0 Å². The summed E-state index contributed by atoms with van der Waals surface area (Å²) < 4.78 is 0. The van der Waals surface area contributed by atoms with Gasteiger partial charge >= 0.3 is 0 Å². The highest BCUT2D eigenvalue weighted by Gasteiger charge is 2.29. The lowest BCUT2D eigenvalue weighted by Crippen LogP contribution is -2.45. The third kappa shape index (κ3) is 5.30. The standard InChI is InChI=1S/C13H26N4.HI/c1-10(17(3)12-6-7-12)8-15-13(14-2)16-9-11-4-5-11;/h10-12H,4-9H2,1-3H3,(H2,14,15,16);1H. The molecule has 0 bridgehead atoms. The van der Waals surface area contributed by atoms with Crippen molar-refractivity contribution in [2.24, 2.45) is 10.9 Å². The Kier molecular flexibility index (Phi) is 6.70. The summed E-state index contributed by atoms with van der Waals surface area (Å²) in [6.45, 7) is 4.32. The van der Waals surface area contributed by atoms with Crippen LogP contribution in [0, 0.1) is 5.92 Å². The number of hydrogen-bond acceptors (Lipinski definition) is 2. The molecule has 0 saturated heterocycles. The van der Waals surface area contributed by atoms with Crippen LogP contribution in [0.1, 0.15) is 32.6 Å². The summed E-state index contributed by atoms with van der Waals surface area (Å²) in [6.07, 6.45) is 5.50. The Morgan fingerprint density at radius 3 is 2.44 bits per heavy atom. The number of hydrogen-bond donors (Lipinski definition) is 2. The summed E-state index contributed by atoms with van der Waals surface area (Å²) >= 11 is 0. The minimum absolute atomic E-state index is 0. The maximum Gasteiger partial charge on any atom is 0.191 e. The van der Waals surface area contributed by atoms with E-state index in [1.807, 2.05) is 7.05 Å². The van der Waals surface area contributed by atoms with Gasteiger partial charge in [-0.3, -0.25) is 9.89 Å². The molecule has 2 N–H and O–H groups in total. The largest absolute Gasteiger partial charge is 0.356 e. The number of nitrogens with one attached hydrogen (secondary N) is 2. The van der Waals surface area contributed by atoms with E-state index in [-0.39, 0.29) is 24.0 Å². The van der Waals surface area contributed by atoms with Crippen LogP contribution in [0.3, 0.4) is 0 Å². The van der Waals surface area contributed by atoms with E-state index in [4.69, 9.17) is 0 Å². The Labute approximate surface area is 128 Å². The molecule has 2 aliphatic carbocycles. The zero-order valence-electron chi connectivity index (χ0n) is 11.8. The van der Waals surface area contributed by atoms with Crippen LogP contribution in [-0.4, -0.2) is 50.1 Å². The van der Waals surface area contributed by atoms with E-state index in [0.717, 1.165) is 31.0 Å². The van der Waals surface area contributed by atoms with E-state index in [0.29, 0.717) is 6.04 Å². The maximum atomic E-state index is 4.26. The number of nitrogens with zero attached hydrogens (tertiary/aromatic N) is 2. The smallest absolute Gasteiger partial charge is 0.191 e. The van der Waals surface area contributed by atoms with Crippen molar-refractivity contribution in [2.75, 3.05) is 27.2 Å². The zero-order valence-corrected chi connectivity index (χ0v) is 14.1. The molecule has 1 atom stereocenters. The summed E-state index contributed by atoms with van der Waals surface area (Å²) in [7, 11) is 4.07. The lowest BCUT2D eigenvalue weighted by molar-refractivity contribution is 0.247. The molecule has 2 saturated carbocycles. The van der Waals surface area contributed by atoms with E-state index in [1.165, 1.54) is 25.7 Å². The van der Waals surface area contributed by atoms with Crippen LogP contribution in [0.15, 0.2) is 4.99 Å². The number of likely N-dealkylation sites (N-methyl/N-ethyl adjacent to an activating group) is 1. The molecule has 0 heterocycles. The fourth-order valence-corrected chi connectivity index (χ4v) is 2.01. The van der Waals surface area contributed by atoms with Crippen LogP contribution in [-0.2, 0) is 0 Å². The molecule has 0 spiro atoms. The van der Waals surface area contributed by atoms with E-state index < -0.39 is 0 Å². The lowest BCUT2D eigenvalue weighted by Gasteiger charge is -2.25. The van der Waals surface area contributed by atoms with Gasteiger partial charge in [-0.15, -0.1) is 24.0 Å². The van der Waals surface area contributed by atoms with Gasteiger partial charge in [0.25, 0.3) is 0 Å². The van der Waals surface area contributed by atoms with E-state index >= 15 is 0 Å². The Bertz CT molecular complexity index is 274. The molecular weight excluding hydrogens is 339 g/mol. The fourth-order valence-electron chi connectivity index (χ4n) is 2.01. The first-order valence-corrected chi connectivity index (χ1v) is 6.87. The Balaban J connectivity index is 0.00000162. The van der Waals surface area contributed by atoms with Crippen LogP contribution >= 0.6 is 24.0 Å². The average Bonchev–Trinajstić information content (AvgIpc) is 3.18. The summed E-state index contributed by atoms with van der Waals surface area (Å²) in [4.78, 5) is 6.73. The predicted molar refractivity (Wildman–Crippen MR) is 87.8 cm³/mol. The minimum Gasteiger partial charge on any atom is -0.356 e. The van der Waals surface area contributed by atoms with Crippen LogP contribution in [0.4, 0.5) is 0 Å². The van der Waals surface area contributed by atoms with Gasteiger partial charge in [-0.25, -0.2) is 0 Å². The maximum absolute atomic E-state index is 4.26. The van der Waals surface area contributed by atoms with Crippen molar-refractivity contribution in [1.82, 2.24) is 15.5 Å². The first-order chi connectivity index (χ1) is 8.20. The van der Waals surface area contributed by atoms with Crippen molar-refractivity contribution in [3.8, 4) is 0 Å². The van der Waals surface area contributed by atoms with Crippen molar-refractivity contribution >= 4 is 29.9 Å². The SMILES string of the molecule is CN=C(NCC1CC1)NCC(C)N(C)C1CC1.I. The molecule has 0 aromatic rings. The average molecular weight is 366 g/mol. The van der Waals surface area contributed by atoms with Crippen molar-refractivity contribution in [1.29, 1.82) is 0 Å². The highest BCUT2D eigenvalue weighted by Crippen LogP contribution is 2.27. The Morgan fingerprint density at radius 1 is 1.28 bits per heavy atom.